The van der Waals surface area contributed by atoms with Gasteiger partial charge in [0.2, 0.25) is 0 Å². The molecule has 4 heteroatoms. The summed E-state index contributed by atoms with van der Waals surface area (Å²) < 4.78 is 37.5. The highest BCUT2D eigenvalue weighted by atomic mass is 19.4. The normalized spacial score (nSPS) is 12.6. The Labute approximate surface area is 112 Å². The third-order valence-electron chi connectivity index (χ3n) is 2.76. The van der Waals surface area contributed by atoms with Gasteiger partial charge in [-0.25, -0.2) is 0 Å². The van der Waals surface area contributed by atoms with Gasteiger partial charge in [0.05, 0.1) is 5.56 Å². The molecule has 0 bridgehead atoms. The van der Waals surface area contributed by atoms with Gasteiger partial charge in [0, 0.05) is 6.04 Å². The lowest BCUT2D eigenvalue weighted by Gasteiger charge is -2.09. The molecule has 0 aromatic heterocycles. The van der Waals surface area contributed by atoms with Gasteiger partial charge in [-0.05, 0) is 43.1 Å². The first kappa shape index (κ1) is 15.8. The van der Waals surface area contributed by atoms with Crippen molar-refractivity contribution in [2.45, 2.75) is 39.4 Å². The molecular weight excluding hydrogens is 251 g/mol. The van der Waals surface area contributed by atoms with Gasteiger partial charge in [-0.2, -0.15) is 13.2 Å². The van der Waals surface area contributed by atoms with Crippen LogP contribution >= 0.6 is 0 Å². The number of alkyl halides is 3. The lowest BCUT2D eigenvalue weighted by Crippen LogP contribution is -2.23. The summed E-state index contributed by atoms with van der Waals surface area (Å²) in [4.78, 5) is 0. The van der Waals surface area contributed by atoms with Crippen molar-refractivity contribution in [3.8, 4) is 0 Å². The average molecular weight is 271 g/mol. The Bertz CT molecular complexity index is 434. The third kappa shape index (κ3) is 5.47. The molecule has 1 rings (SSSR count). The summed E-state index contributed by atoms with van der Waals surface area (Å²) in [5.74, 6) is 0. The molecule has 19 heavy (non-hydrogen) atoms. The predicted octanol–water partition coefficient (Wildman–Crippen LogP) is 4.42. The van der Waals surface area contributed by atoms with E-state index in [-0.39, 0.29) is 0 Å². The van der Waals surface area contributed by atoms with Crippen LogP contribution in [0.5, 0.6) is 0 Å². The minimum absolute atomic E-state index is 0.446. The molecule has 0 aliphatic carbocycles. The quantitative estimate of drug-likeness (QED) is 0.782. The van der Waals surface area contributed by atoms with E-state index >= 15 is 0 Å². The van der Waals surface area contributed by atoms with Gasteiger partial charge < -0.3 is 5.32 Å². The van der Waals surface area contributed by atoms with Crippen LogP contribution in [0.3, 0.4) is 0 Å². The summed E-state index contributed by atoms with van der Waals surface area (Å²) in [6, 6.07) is 4.27. The Morgan fingerprint density at radius 2 is 1.95 bits per heavy atom. The van der Waals surface area contributed by atoms with Gasteiger partial charge in [0.25, 0.3) is 0 Å². The molecule has 0 heterocycles. The summed E-state index contributed by atoms with van der Waals surface area (Å²) in [5.41, 5.74) is 0.879. The van der Waals surface area contributed by atoms with E-state index in [4.69, 9.17) is 0 Å². The molecule has 0 radical (unpaired) electrons. The zero-order valence-electron chi connectivity index (χ0n) is 11.5. The van der Waals surface area contributed by atoms with Crippen molar-refractivity contribution in [1.82, 2.24) is 5.32 Å². The van der Waals surface area contributed by atoms with E-state index in [9.17, 15) is 13.2 Å². The smallest absolute Gasteiger partial charge is 0.314 e. The van der Waals surface area contributed by atoms with Gasteiger partial charge in [0.15, 0.2) is 0 Å². The van der Waals surface area contributed by atoms with Gasteiger partial charge in [0.1, 0.15) is 0 Å². The molecular formula is C15H20F3N. The van der Waals surface area contributed by atoms with Crippen molar-refractivity contribution in [2.75, 3.05) is 6.54 Å². The number of hydrogen-bond acceptors (Lipinski definition) is 1. The fraction of sp³-hybridized carbons (Fsp3) is 0.467. The minimum atomic E-state index is -4.27. The van der Waals surface area contributed by atoms with E-state index in [2.05, 4.69) is 19.2 Å². The van der Waals surface area contributed by atoms with Crippen molar-refractivity contribution in [1.29, 1.82) is 0 Å². The highest BCUT2D eigenvalue weighted by Crippen LogP contribution is 2.30. The first-order valence-electron chi connectivity index (χ1n) is 6.38. The van der Waals surface area contributed by atoms with Crippen LogP contribution in [0.15, 0.2) is 24.3 Å². The van der Waals surface area contributed by atoms with Crippen molar-refractivity contribution in [3.63, 3.8) is 0 Å². The lowest BCUT2D eigenvalue weighted by molar-refractivity contribution is -0.137. The standard InChI is InChI=1S/C15H20F3N/c1-11(2)19-9-5-4-6-13-7-8-14(10-12(13)3)15(16,17)18/h4,6-8,10-11,19H,5,9H2,1-3H3/b6-4+. The number of aryl methyl sites for hydroxylation is 1. The van der Waals surface area contributed by atoms with Crippen molar-refractivity contribution in [3.05, 3.63) is 41.0 Å². The van der Waals surface area contributed by atoms with Crippen molar-refractivity contribution in [2.24, 2.45) is 0 Å². The Hall–Kier alpha value is -1.29. The monoisotopic (exact) mass is 271 g/mol. The van der Waals surface area contributed by atoms with Crippen LogP contribution in [0, 0.1) is 6.92 Å². The molecule has 1 nitrogen and oxygen atoms in total. The van der Waals surface area contributed by atoms with Crippen LogP contribution in [0.25, 0.3) is 6.08 Å². The van der Waals surface area contributed by atoms with Crippen molar-refractivity contribution >= 4 is 6.08 Å². The maximum Gasteiger partial charge on any atom is 0.416 e. The molecule has 0 aliphatic rings. The third-order valence-corrected chi connectivity index (χ3v) is 2.76. The number of rotatable bonds is 5. The van der Waals surface area contributed by atoms with E-state index in [1.54, 1.807) is 6.92 Å². The summed E-state index contributed by atoms with van der Waals surface area (Å²) >= 11 is 0. The van der Waals surface area contributed by atoms with E-state index in [0.717, 1.165) is 24.6 Å². The first-order valence-corrected chi connectivity index (χ1v) is 6.38. The van der Waals surface area contributed by atoms with Crippen LogP contribution in [-0.4, -0.2) is 12.6 Å². The zero-order valence-corrected chi connectivity index (χ0v) is 11.5. The van der Waals surface area contributed by atoms with Crippen LogP contribution in [0.4, 0.5) is 13.2 Å². The van der Waals surface area contributed by atoms with E-state index < -0.39 is 11.7 Å². The summed E-state index contributed by atoms with van der Waals surface area (Å²) in [6.45, 7) is 6.71. The Morgan fingerprint density at radius 3 is 2.47 bits per heavy atom. The topological polar surface area (TPSA) is 12.0 Å². The summed E-state index contributed by atoms with van der Waals surface area (Å²) in [7, 11) is 0. The highest BCUT2D eigenvalue weighted by molar-refractivity contribution is 5.54. The first-order chi connectivity index (χ1) is 8.80. The zero-order chi connectivity index (χ0) is 14.5. The van der Waals surface area contributed by atoms with Crippen LogP contribution in [0.2, 0.25) is 0 Å². The van der Waals surface area contributed by atoms with Crippen LogP contribution in [-0.2, 0) is 6.18 Å². The maximum absolute atomic E-state index is 12.5. The lowest BCUT2D eigenvalue weighted by atomic mass is 10.0. The Balaban J connectivity index is 2.63. The van der Waals surface area contributed by atoms with Gasteiger partial charge in [-0.3, -0.25) is 0 Å². The average Bonchev–Trinajstić information content (AvgIpc) is 2.28. The van der Waals surface area contributed by atoms with E-state index in [0.29, 0.717) is 11.6 Å². The van der Waals surface area contributed by atoms with Gasteiger partial charge in [-0.15, -0.1) is 0 Å². The molecule has 106 valence electrons. The van der Waals surface area contributed by atoms with Gasteiger partial charge >= 0.3 is 6.18 Å². The second kappa shape index (κ2) is 6.75. The molecule has 0 aliphatic heterocycles. The SMILES string of the molecule is Cc1cc(C(F)(F)F)ccc1/C=C/CCNC(C)C. The van der Waals surface area contributed by atoms with Crippen LogP contribution in [0.1, 0.15) is 37.0 Å². The second-order valence-corrected chi connectivity index (χ2v) is 4.87. The molecule has 0 atom stereocenters. The molecule has 0 fully saturated rings. The Kier molecular flexibility index (Phi) is 5.60. The molecule has 0 amide bonds. The van der Waals surface area contributed by atoms with E-state index in [1.165, 1.54) is 12.1 Å². The molecule has 0 spiro atoms. The predicted molar refractivity (Wildman–Crippen MR) is 73.0 cm³/mol. The molecule has 1 aromatic carbocycles. The second-order valence-electron chi connectivity index (χ2n) is 4.87. The fourth-order valence-electron chi connectivity index (χ4n) is 1.70. The molecule has 0 saturated heterocycles. The number of nitrogens with one attached hydrogen (secondary N) is 1. The largest absolute Gasteiger partial charge is 0.416 e. The van der Waals surface area contributed by atoms with Crippen molar-refractivity contribution < 1.29 is 13.2 Å². The highest BCUT2D eigenvalue weighted by Gasteiger charge is 2.30. The number of hydrogen-bond donors (Lipinski definition) is 1. The van der Waals surface area contributed by atoms with Crippen LogP contribution < -0.4 is 5.32 Å². The number of benzene rings is 1. The van der Waals surface area contributed by atoms with E-state index in [1.807, 2.05) is 12.2 Å². The fourth-order valence-corrected chi connectivity index (χ4v) is 1.70. The molecule has 1 aromatic rings. The van der Waals surface area contributed by atoms with Gasteiger partial charge in [-0.1, -0.05) is 32.1 Å². The minimum Gasteiger partial charge on any atom is -0.314 e. The molecule has 0 saturated carbocycles. The summed E-state index contributed by atoms with van der Waals surface area (Å²) in [5, 5.41) is 3.28. The Morgan fingerprint density at radius 1 is 1.26 bits per heavy atom. The molecule has 0 unspecified atom stereocenters. The maximum atomic E-state index is 12.5. The number of halogens is 3. The summed E-state index contributed by atoms with van der Waals surface area (Å²) in [6.07, 6.45) is 0.440. The molecule has 1 N–H and O–H groups in total.